The van der Waals surface area contributed by atoms with Crippen LogP contribution in [0.1, 0.15) is 73.8 Å². The second-order valence-electron chi connectivity index (χ2n) is 11.8. The van der Waals surface area contributed by atoms with Crippen LogP contribution in [0.25, 0.3) is 5.57 Å². The molecule has 0 amide bonds. The van der Waals surface area contributed by atoms with E-state index in [1.165, 1.54) is 0 Å². The van der Waals surface area contributed by atoms with Crippen LogP contribution in [0.15, 0.2) is 24.3 Å². The first kappa shape index (κ1) is 26.2. The first-order valence-corrected chi connectivity index (χ1v) is 14.4. The molecule has 32 heavy (non-hydrogen) atoms. The van der Waals surface area contributed by atoms with Crippen LogP contribution >= 0.6 is 0 Å². The highest BCUT2D eigenvalue weighted by Crippen LogP contribution is 2.43. The van der Waals surface area contributed by atoms with Crippen LogP contribution in [-0.4, -0.2) is 38.3 Å². The third-order valence-corrected chi connectivity index (χ3v) is 10.6. The quantitative estimate of drug-likeness (QED) is 0.269. The molecule has 5 nitrogen and oxygen atoms in total. The van der Waals surface area contributed by atoms with Crippen LogP contribution in [0.3, 0.4) is 0 Å². The lowest BCUT2D eigenvalue weighted by atomic mass is 9.88. The fourth-order valence-electron chi connectivity index (χ4n) is 3.62. The number of rotatable bonds is 7. The molecule has 0 aromatic heterocycles. The summed E-state index contributed by atoms with van der Waals surface area (Å²) in [7, 11) is -2.00. The molecule has 0 spiro atoms. The van der Waals surface area contributed by atoms with Gasteiger partial charge in [-0.3, -0.25) is 9.59 Å². The Kier molecular flexibility index (Phi) is 7.40. The van der Waals surface area contributed by atoms with E-state index >= 15 is 0 Å². The number of nitrogens with zero attached hydrogens (tertiary/aromatic N) is 1. The molecule has 0 N–H and O–H groups in total. The lowest BCUT2D eigenvalue weighted by Crippen LogP contribution is -2.46. The summed E-state index contributed by atoms with van der Waals surface area (Å²) in [5.41, 5.74) is 1.71. The zero-order valence-electron chi connectivity index (χ0n) is 21.6. The zero-order chi connectivity index (χ0) is 24.5. The van der Waals surface area contributed by atoms with Gasteiger partial charge in [-0.2, -0.15) is 0 Å². The van der Waals surface area contributed by atoms with E-state index in [2.05, 4.69) is 58.7 Å². The Balaban J connectivity index is 2.33. The van der Waals surface area contributed by atoms with Gasteiger partial charge in [-0.05, 0) is 77.4 Å². The van der Waals surface area contributed by atoms with Gasteiger partial charge in [0.1, 0.15) is 17.6 Å². The molecular formula is C26H41NO4Si. The molecule has 0 bridgehead atoms. The van der Waals surface area contributed by atoms with Crippen LogP contribution in [0.2, 0.25) is 18.1 Å². The number of hydrogen-bond acceptors (Lipinski definition) is 5. The topological polar surface area (TPSA) is 55.8 Å². The molecule has 0 unspecified atom stereocenters. The highest BCUT2D eigenvalue weighted by atomic mass is 28.4. The lowest BCUT2D eigenvalue weighted by molar-refractivity contribution is -0.154. The number of anilines is 1. The Morgan fingerprint density at radius 1 is 1.12 bits per heavy atom. The standard InChI is InChI=1S/C26H41NO4Si/c1-24(2,3)30-23(29)12-11-15-27-22-16-20(31-32(9,10)25(4,5)6)13-14-21(22)19(18-28)17-26(27,7)8/h13-14,16-18H,11-12,15H2,1-10H3. The predicted molar refractivity (Wildman–Crippen MR) is 135 cm³/mol. The first-order chi connectivity index (χ1) is 14.5. The van der Waals surface area contributed by atoms with Crippen molar-refractivity contribution in [3.8, 4) is 5.75 Å². The van der Waals surface area contributed by atoms with Crippen LogP contribution < -0.4 is 9.33 Å². The minimum atomic E-state index is -2.00. The number of allylic oxidation sites excluding steroid dienone is 1. The summed E-state index contributed by atoms with van der Waals surface area (Å²) in [6.45, 7) is 21.6. The van der Waals surface area contributed by atoms with Crippen molar-refractivity contribution in [1.29, 1.82) is 0 Å². The lowest BCUT2D eigenvalue weighted by Gasteiger charge is -2.43. The summed E-state index contributed by atoms with van der Waals surface area (Å²) in [4.78, 5) is 26.3. The van der Waals surface area contributed by atoms with Gasteiger partial charge in [0.2, 0.25) is 8.32 Å². The van der Waals surface area contributed by atoms with Crippen molar-refractivity contribution < 1.29 is 18.8 Å². The third kappa shape index (κ3) is 6.24. The fourth-order valence-corrected chi connectivity index (χ4v) is 4.64. The maximum atomic E-state index is 12.2. The van der Waals surface area contributed by atoms with E-state index in [-0.39, 0.29) is 16.5 Å². The molecule has 6 heteroatoms. The van der Waals surface area contributed by atoms with Gasteiger partial charge in [0.05, 0.1) is 5.54 Å². The normalized spacial score (nSPS) is 16.2. The van der Waals surface area contributed by atoms with Gasteiger partial charge in [-0.15, -0.1) is 0 Å². The van der Waals surface area contributed by atoms with Gasteiger partial charge in [-0.25, -0.2) is 0 Å². The number of carbonyl (C=O) groups is 2. The molecule has 0 atom stereocenters. The predicted octanol–water partition coefficient (Wildman–Crippen LogP) is 6.37. The second-order valence-corrected chi connectivity index (χ2v) is 16.5. The zero-order valence-corrected chi connectivity index (χ0v) is 22.6. The van der Waals surface area contributed by atoms with Crippen LogP contribution in [0, 0.1) is 0 Å². The van der Waals surface area contributed by atoms with Crippen molar-refractivity contribution >= 4 is 31.8 Å². The minimum absolute atomic E-state index is 0.0864. The highest BCUT2D eigenvalue weighted by molar-refractivity contribution is 6.74. The molecule has 1 heterocycles. The monoisotopic (exact) mass is 459 g/mol. The van der Waals surface area contributed by atoms with Gasteiger partial charge in [0.25, 0.3) is 0 Å². The average molecular weight is 460 g/mol. The van der Waals surface area contributed by atoms with Gasteiger partial charge in [0.15, 0.2) is 0 Å². The molecule has 0 aliphatic carbocycles. The third-order valence-electron chi connectivity index (χ3n) is 6.26. The van der Waals surface area contributed by atoms with E-state index in [9.17, 15) is 9.59 Å². The SMILES string of the molecule is CC(C)(C)OC(=O)CCCN1c2cc(O[Si](C)(C)C(C)(C)C)ccc2C(C=O)=CC1(C)C. The number of hydrogen-bond donors (Lipinski definition) is 0. The van der Waals surface area contributed by atoms with Gasteiger partial charge in [0, 0.05) is 35.9 Å². The smallest absolute Gasteiger partial charge is 0.306 e. The summed E-state index contributed by atoms with van der Waals surface area (Å²) in [5, 5.41) is 0.0864. The van der Waals surface area contributed by atoms with E-state index < -0.39 is 13.9 Å². The average Bonchev–Trinajstić information content (AvgIpc) is 2.60. The van der Waals surface area contributed by atoms with Crippen molar-refractivity contribution in [3.05, 3.63) is 29.8 Å². The second kappa shape index (κ2) is 9.04. The summed E-state index contributed by atoms with van der Waals surface area (Å²) in [6, 6.07) is 6.00. The molecule has 178 valence electrons. The molecule has 2 rings (SSSR count). The Labute approximate surface area is 195 Å². The van der Waals surface area contributed by atoms with Crippen LogP contribution in [0.4, 0.5) is 5.69 Å². The Bertz CT molecular complexity index is 888. The minimum Gasteiger partial charge on any atom is -0.543 e. The van der Waals surface area contributed by atoms with E-state index in [1.807, 2.05) is 39.0 Å². The number of fused-ring (bicyclic) bond motifs is 1. The number of aldehydes is 1. The summed E-state index contributed by atoms with van der Waals surface area (Å²) < 4.78 is 12.0. The summed E-state index contributed by atoms with van der Waals surface area (Å²) in [5.74, 6) is 0.641. The molecule has 0 radical (unpaired) electrons. The van der Waals surface area contributed by atoms with E-state index in [1.54, 1.807) is 0 Å². The van der Waals surface area contributed by atoms with Crippen molar-refractivity contribution in [2.24, 2.45) is 0 Å². The van der Waals surface area contributed by atoms with Crippen molar-refractivity contribution in [2.45, 2.75) is 97.5 Å². The molecule has 1 aromatic carbocycles. The highest BCUT2D eigenvalue weighted by Gasteiger charge is 2.39. The molecule has 0 saturated heterocycles. The van der Waals surface area contributed by atoms with Crippen LogP contribution in [0.5, 0.6) is 5.75 Å². The Morgan fingerprint density at radius 3 is 2.28 bits per heavy atom. The molecule has 1 aliphatic rings. The molecular weight excluding hydrogens is 418 g/mol. The maximum Gasteiger partial charge on any atom is 0.306 e. The van der Waals surface area contributed by atoms with Gasteiger partial charge in [-0.1, -0.05) is 20.8 Å². The molecule has 1 aromatic rings. The maximum absolute atomic E-state index is 12.2. The molecule has 1 aliphatic heterocycles. The van der Waals surface area contributed by atoms with Gasteiger partial charge >= 0.3 is 5.97 Å². The van der Waals surface area contributed by atoms with E-state index in [0.29, 0.717) is 25.0 Å². The number of esters is 1. The van der Waals surface area contributed by atoms with E-state index in [0.717, 1.165) is 23.3 Å². The first-order valence-electron chi connectivity index (χ1n) is 11.5. The van der Waals surface area contributed by atoms with Gasteiger partial charge < -0.3 is 14.1 Å². The largest absolute Gasteiger partial charge is 0.543 e. The molecule has 0 fully saturated rings. The Morgan fingerprint density at radius 2 is 1.75 bits per heavy atom. The summed E-state index contributed by atoms with van der Waals surface area (Å²) in [6.07, 6.45) is 3.94. The van der Waals surface area contributed by atoms with Crippen LogP contribution in [-0.2, 0) is 14.3 Å². The Hall–Kier alpha value is -2.08. The van der Waals surface area contributed by atoms with Crippen molar-refractivity contribution in [3.63, 3.8) is 0 Å². The van der Waals surface area contributed by atoms with Crippen molar-refractivity contribution in [2.75, 3.05) is 11.4 Å². The fraction of sp³-hybridized carbons (Fsp3) is 0.615. The molecule has 0 saturated carbocycles. The van der Waals surface area contributed by atoms with E-state index in [4.69, 9.17) is 9.16 Å². The number of benzene rings is 1. The number of carbonyl (C=O) groups excluding carboxylic acids is 2. The summed E-state index contributed by atoms with van der Waals surface area (Å²) >= 11 is 0. The number of ether oxygens (including phenoxy) is 1. The van der Waals surface area contributed by atoms with Crippen molar-refractivity contribution in [1.82, 2.24) is 0 Å².